The maximum Gasteiger partial charge on any atom is 0.329 e. The molecule has 18 heavy (non-hydrogen) atoms. The summed E-state index contributed by atoms with van der Waals surface area (Å²) in [5.74, 6) is -0.954. The number of carboxylic acids is 1. The first-order valence-electron chi connectivity index (χ1n) is 6.31. The number of carboxylic acid groups (broad SMARTS) is 1. The van der Waals surface area contributed by atoms with Crippen molar-refractivity contribution in [1.82, 2.24) is 4.90 Å². The molecule has 3 N–H and O–H groups in total. The van der Waals surface area contributed by atoms with Crippen LogP contribution in [0.1, 0.15) is 26.2 Å². The quantitative estimate of drug-likeness (QED) is 0.727. The predicted octanol–water partition coefficient (Wildman–Crippen LogP) is -0.184. The minimum absolute atomic E-state index is 0.0238. The van der Waals surface area contributed by atoms with E-state index in [2.05, 4.69) is 0 Å². The van der Waals surface area contributed by atoms with E-state index in [1.54, 1.807) is 4.90 Å². The van der Waals surface area contributed by atoms with Crippen LogP contribution in [0.2, 0.25) is 0 Å². The van der Waals surface area contributed by atoms with E-state index in [4.69, 9.17) is 15.6 Å². The van der Waals surface area contributed by atoms with Crippen molar-refractivity contribution in [3.05, 3.63) is 0 Å². The molecule has 6 heteroatoms. The van der Waals surface area contributed by atoms with Gasteiger partial charge in [-0.05, 0) is 19.8 Å². The molecule has 2 aliphatic rings. The van der Waals surface area contributed by atoms with Gasteiger partial charge < -0.3 is 20.5 Å². The van der Waals surface area contributed by atoms with Gasteiger partial charge in [-0.1, -0.05) is 6.42 Å². The minimum atomic E-state index is -0.987. The molecule has 0 aromatic heterocycles. The number of ether oxygens (including phenoxy) is 1. The maximum atomic E-state index is 12.1. The molecule has 0 aromatic rings. The summed E-state index contributed by atoms with van der Waals surface area (Å²) in [6, 6.07) is -0.0238. The number of hydrogen-bond acceptors (Lipinski definition) is 4. The molecule has 2 unspecified atom stereocenters. The lowest BCUT2D eigenvalue weighted by atomic mass is 9.92. The number of amides is 1. The summed E-state index contributed by atoms with van der Waals surface area (Å²) in [6.07, 6.45) is 2.79. The normalized spacial score (nSPS) is 30.0. The SMILES string of the molecule is CC1(OCC(=O)O)CN(C(=O)C2CCCC2N)C1. The van der Waals surface area contributed by atoms with Crippen LogP contribution in [0.3, 0.4) is 0 Å². The van der Waals surface area contributed by atoms with Crippen LogP contribution < -0.4 is 5.73 Å². The Morgan fingerprint density at radius 1 is 1.44 bits per heavy atom. The molecule has 1 saturated carbocycles. The third-order valence-corrected chi connectivity index (χ3v) is 3.79. The molecule has 1 aliphatic carbocycles. The van der Waals surface area contributed by atoms with Crippen LogP contribution >= 0.6 is 0 Å². The molecule has 2 fully saturated rings. The highest BCUT2D eigenvalue weighted by atomic mass is 16.5. The summed E-state index contributed by atoms with van der Waals surface area (Å²) >= 11 is 0. The summed E-state index contributed by atoms with van der Waals surface area (Å²) < 4.78 is 5.27. The van der Waals surface area contributed by atoms with Gasteiger partial charge in [0.2, 0.25) is 5.91 Å². The molecular formula is C12H20N2O4. The first kappa shape index (κ1) is 13.3. The summed E-state index contributed by atoms with van der Waals surface area (Å²) in [6.45, 7) is 2.43. The minimum Gasteiger partial charge on any atom is -0.480 e. The van der Waals surface area contributed by atoms with E-state index in [9.17, 15) is 9.59 Å². The Bertz CT molecular complexity index is 352. The first-order valence-corrected chi connectivity index (χ1v) is 6.31. The highest BCUT2D eigenvalue weighted by Gasteiger charge is 2.45. The number of nitrogens with two attached hydrogens (primary N) is 1. The summed E-state index contributed by atoms with van der Waals surface area (Å²) in [5.41, 5.74) is 5.39. The molecule has 1 heterocycles. The van der Waals surface area contributed by atoms with Gasteiger partial charge in [0.05, 0.1) is 19.0 Å². The van der Waals surface area contributed by atoms with Crippen LogP contribution in [0.4, 0.5) is 0 Å². The zero-order valence-electron chi connectivity index (χ0n) is 10.6. The highest BCUT2D eigenvalue weighted by Crippen LogP contribution is 2.31. The van der Waals surface area contributed by atoms with Crippen molar-refractivity contribution in [3.8, 4) is 0 Å². The van der Waals surface area contributed by atoms with Crippen LogP contribution in [0, 0.1) is 5.92 Å². The third kappa shape index (κ3) is 2.64. The first-order chi connectivity index (χ1) is 8.41. The molecular weight excluding hydrogens is 236 g/mol. The second kappa shape index (κ2) is 4.85. The fourth-order valence-corrected chi connectivity index (χ4v) is 2.77. The van der Waals surface area contributed by atoms with E-state index in [1.807, 2.05) is 6.92 Å². The lowest BCUT2D eigenvalue weighted by Gasteiger charge is -2.48. The monoisotopic (exact) mass is 256 g/mol. The van der Waals surface area contributed by atoms with Crippen molar-refractivity contribution in [3.63, 3.8) is 0 Å². The molecule has 0 radical (unpaired) electrons. The summed E-state index contributed by atoms with van der Waals surface area (Å²) in [7, 11) is 0. The molecule has 1 amide bonds. The van der Waals surface area contributed by atoms with Gasteiger partial charge in [0, 0.05) is 6.04 Å². The van der Waals surface area contributed by atoms with Crippen LogP contribution in [0.5, 0.6) is 0 Å². The number of carbonyl (C=O) groups excluding carboxylic acids is 1. The zero-order valence-corrected chi connectivity index (χ0v) is 10.6. The fraction of sp³-hybridized carbons (Fsp3) is 0.833. The van der Waals surface area contributed by atoms with Crippen molar-refractivity contribution >= 4 is 11.9 Å². The maximum absolute atomic E-state index is 12.1. The van der Waals surface area contributed by atoms with E-state index in [0.29, 0.717) is 13.1 Å². The Labute approximate surface area is 106 Å². The van der Waals surface area contributed by atoms with Gasteiger partial charge in [-0.25, -0.2) is 4.79 Å². The van der Waals surface area contributed by atoms with Crippen LogP contribution in [0.25, 0.3) is 0 Å². The van der Waals surface area contributed by atoms with E-state index in [-0.39, 0.29) is 24.5 Å². The summed E-state index contributed by atoms with van der Waals surface area (Å²) in [4.78, 5) is 24.3. The van der Waals surface area contributed by atoms with Crippen LogP contribution in [0.15, 0.2) is 0 Å². The van der Waals surface area contributed by atoms with Crippen molar-refractivity contribution < 1.29 is 19.4 Å². The van der Waals surface area contributed by atoms with Crippen molar-refractivity contribution in [2.75, 3.05) is 19.7 Å². The van der Waals surface area contributed by atoms with Gasteiger partial charge in [0.15, 0.2) is 0 Å². The van der Waals surface area contributed by atoms with Gasteiger partial charge in [0.25, 0.3) is 0 Å². The van der Waals surface area contributed by atoms with Gasteiger partial charge in [-0.15, -0.1) is 0 Å². The molecule has 0 spiro atoms. The van der Waals surface area contributed by atoms with E-state index in [1.165, 1.54) is 0 Å². The zero-order chi connectivity index (χ0) is 13.3. The number of aliphatic carboxylic acids is 1. The Morgan fingerprint density at radius 3 is 2.61 bits per heavy atom. The second-order valence-corrected chi connectivity index (χ2v) is 5.53. The number of hydrogen-bond donors (Lipinski definition) is 2. The molecule has 1 saturated heterocycles. The highest BCUT2D eigenvalue weighted by molar-refractivity contribution is 5.81. The van der Waals surface area contributed by atoms with Crippen LogP contribution in [-0.2, 0) is 14.3 Å². The lowest BCUT2D eigenvalue weighted by molar-refractivity contribution is -0.175. The Balaban J connectivity index is 1.81. The standard InChI is InChI=1S/C12H20N2O4/c1-12(18-5-10(15)16)6-14(7-12)11(17)8-3-2-4-9(8)13/h8-9H,2-7,13H2,1H3,(H,15,16). The second-order valence-electron chi connectivity index (χ2n) is 5.53. The van der Waals surface area contributed by atoms with Gasteiger partial charge in [-0.3, -0.25) is 4.79 Å². The molecule has 0 bridgehead atoms. The Kier molecular flexibility index (Phi) is 3.59. The smallest absolute Gasteiger partial charge is 0.329 e. The van der Waals surface area contributed by atoms with Gasteiger partial charge >= 0.3 is 5.97 Å². The van der Waals surface area contributed by atoms with E-state index < -0.39 is 11.6 Å². The third-order valence-electron chi connectivity index (χ3n) is 3.79. The van der Waals surface area contributed by atoms with Gasteiger partial charge in [0.1, 0.15) is 12.2 Å². The lowest BCUT2D eigenvalue weighted by Crippen LogP contribution is -2.65. The molecule has 2 rings (SSSR count). The molecule has 2 atom stereocenters. The molecule has 6 nitrogen and oxygen atoms in total. The molecule has 0 aromatic carbocycles. The average Bonchev–Trinajstić information content (AvgIpc) is 2.68. The van der Waals surface area contributed by atoms with E-state index >= 15 is 0 Å². The van der Waals surface area contributed by atoms with Crippen molar-refractivity contribution in [2.45, 2.75) is 37.8 Å². The number of nitrogens with zero attached hydrogens (tertiary/aromatic N) is 1. The summed E-state index contributed by atoms with van der Waals surface area (Å²) in [5, 5.41) is 8.56. The Morgan fingerprint density at radius 2 is 2.11 bits per heavy atom. The molecule has 102 valence electrons. The topological polar surface area (TPSA) is 92.9 Å². The number of rotatable bonds is 4. The van der Waals surface area contributed by atoms with Crippen molar-refractivity contribution in [2.24, 2.45) is 11.7 Å². The molecule has 1 aliphatic heterocycles. The van der Waals surface area contributed by atoms with Gasteiger partial charge in [-0.2, -0.15) is 0 Å². The van der Waals surface area contributed by atoms with Crippen LogP contribution in [-0.4, -0.2) is 53.2 Å². The number of carbonyl (C=O) groups is 2. The average molecular weight is 256 g/mol. The predicted molar refractivity (Wildman–Crippen MR) is 63.9 cm³/mol. The largest absolute Gasteiger partial charge is 0.480 e. The van der Waals surface area contributed by atoms with Crippen molar-refractivity contribution in [1.29, 1.82) is 0 Å². The Hall–Kier alpha value is -1.14. The number of likely N-dealkylation sites (tertiary alicyclic amines) is 1. The fourth-order valence-electron chi connectivity index (χ4n) is 2.77. The van der Waals surface area contributed by atoms with E-state index in [0.717, 1.165) is 19.3 Å².